The summed E-state index contributed by atoms with van der Waals surface area (Å²) >= 11 is 3.42. The second-order valence-corrected chi connectivity index (χ2v) is 6.40. The van der Waals surface area contributed by atoms with E-state index in [1.165, 1.54) is 44.2 Å². The Kier molecular flexibility index (Phi) is 5.79. The van der Waals surface area contributed by atoms with Crippen molar-refractivity contribution in [2.45, 2.75) is 51.0 Å². The largest absolute Gasteiger partial charge is 0.271 e. The van der Waals surface area contributed by atoms with Crippen molar-refractivity contribution in [1.29, 1.82) is 0 Å². The first kappa shape index (κ1) is 14.9. The van der Waals surface area contributed by atoms with Gasteiger partial charge in [-0.2, -0.15) is 0 Å². The molecule has 1 aliphatic rings. The lowest BCUT2D eigenvalue weighted by molar-refractivity contribution is 0.297. The van der Waals surface area contributed by atoms with E-state index in [2.05, 4.69) is 21.4 Å². The van der Waals surface area contributed by atoms with Crippen LogP contribution in [-0.4, -0.2) is 6.04 Å². The number of halogens is 2. The highest BCUT2D eigenvalue weighted by atomic mass is 79.9. The van der Waals surface area contributed by atoms with E-state index in [1.807, 2.05) is 6.07 Å². The van der Waals surface area contributed by atoms with E-state index in [4.69, 9.17) is 5.84 Å². The minimum absolute atomic E-state index is 0.208. The molecule has 0 aliphatic heterocycles. The van der Waals surface area contributed by atoms with Gasteiger partial charge in [0.25, 0.3) is 0 Å². The van der Waals surface area contributed by atoms with Gasteiger partial charge in [-0.3, -0.25) is 11.3 Å². The van der Waals surface area contributed by atoms with Gasteiger partial charge >= 0.3 is 0 Å². The number of rotatable bonds is 5. The molecule has 0 bridgehead atoms. The van der Waals surface area contributed by atoms with Crippen LogP contribution >= 0.6 is 15.9 Å². The van der Waals surface area contributed by atoms with Crippen LogP contribution in [0.3, 0.4) is 0 Å². The molecule has 2 nitrogen and oxygen atoms in total. The van der Waals surface area contributed by atoms with Gasteiger partial charge in [0.15, 0.2) is 0 Å². The van der Waals surface area contributed by atoms with E-state index in [9.17, 15) is 4.39 Å². The topological polar surface area (TPSA) is 38.0 Å². The number of benzene rings is 1. The summed E-state index contributed by atoms with van der Waals surface area (Å²) in [4.78, 5) is 0. The Morgan fingerprint density at radius 1 is 1.32 bits per heavy atom. The molecular weight excluding hydrogens is 307 g/mol. The first-order valence-corrected chi connectivity index (χ1v) is 7.88. The summed E-state index contributed by atoms with van der Waals surface area (Å²) in [6.07, 6.45) is 8.67. The summed E-state index contributed by atoms with van der Waals surface area (Å²) < 4.78 is 13.9. The van der Waals surface area contributed by atoms with Crippen LogP contribution in [0.1, 0.15) is 44.1 Å². The van der Waals surface area contributed by atoms with E-state index >= 15 is 0 Å². The average molecular weight is 329 g/mol. The lowest BCUT2D eigenvalue weighted by atomic mass is 9.84. The number of nitrogens with two attached hydrogens (primary N) is 1. The standard InChI is InChI=1S/C15H22BrFN2/c16-15-10-13(17)7-6-12(15)9-14(19-18)8-11-4-2-1-3-5-11/h6-7,10-11,14,19H,1-5,8-9,18H2. The van der Waals surface area contributed by atoms with Crippen LogP contribution in [0.4, 0.5) is 4.39 Å². The van der Waals surface area contributed by atoms with Crippen LogP contribution in [0, 0.1) is 11.7 Å². The molecule has 0 radical (unpaired) electrons. The molecule has 1 atom stereocenters. The van der Waals surface area contributed by atoms with E-state index in [1.54, 1.807) is 0 Å². The summed E-state index contributed by atoms with van der Waals surface area (Å²) in [6.45, 7) is 0. The third-order valence-corrected chi connectivity index (χ3v) is 4.80. The van der Waals surface area contributed by atoms with Gasteiger partial charge in [0.2, 0.25) is 0 Å². The van der Waals surface area contributed by atoms with Crippen LogP contribution in [0.5, 0.6) is 0 Å². The van der Waals surface area contributed by atoms with Crippen molar-refractivity contribution < 1.29 is 4.39 Å². The van der Waals surface area contributed by atoms with Crippen LogP contribution in [0.2, 0.25) is 0 Å². The Morgan fingerprint density at radius 2 is 2.05 bits per heavy atom. The van der Waals surface area contributed by atoms with Gasteiger partial charge in [-0.1, -0.05) is 54.1 Å². The Hall–Kier alpha value is -0.450. The fourth-order valence-electron chi connectivity index (χ4n) is 2.99. The van der Waals surface area contributed by atoms with E-state index in [0.29, 0.717) is 0 Å². The lowest BCUT2D eigenvalue weighted by Crippen LogP contribution is -2.38. The summed E-state index contributed by atoms with van der Waals surface area (Å²) in [5.74, 6) is 6.26. The van der Waals surface area contributed by atoms with Crippen molar-refractivity contribution in [2.24, 2.45) is 11.8 Å². The molecule has 1 fully saturated rings. The third-order valence-electron chi connectivity index (χ3n) is 4.06. The van der Waals surface area contributed by atoms with Gasteiger partial charge in [-0.05, 0) is 36.5 Å². The lowest BCUT2D eigenvalue weighted by Gasteiger charge is -2.26. The molecule has 3 N–H and O–H groups in total. The maximum Gasteiger partial charge on any atom is 0.124 e. The summed E-state index contributed by atoms with van der Waals surface area (Å²) in [5, 5.41) is 0. The average Bonchev–Trinajstić information content (AvgIpc) is 2.42. The SMILES string of the molecule is NNC(Cc1ccc(F)cc1Br)CC1CCCCC1. The minimum Gasteiger partial charge on any atom is -0.271 e. The smallest absolute Gasteiger partial charge is 0.124 e. The second-order valence-electron chi connectivity index (χ2n) is 5.54. The molecule has 0 heterocycles. The van der Waals surface area contributed by atoms with Crippen LogP contribution in [-0.2, 0) is 6.42 Å². The molecule has 1 saturated carbocycles. The zero-order chi connectivity index (χ0) is 13.7. The Balaban J connectivity index is 1.94. The number of nitrogens with one attached hydrogen (secondary N) is 1. The van der Waals surface area contributed by atoms with Gasteiger partial charge < -0.3 is 0 Å². The van der Waals surface area contributed by atoms with Crippen LogP contribution in [0.15, 0.2) is 22.7 Å². The van der Waals surface area contributed by atoms with Crippen molar-refractivity contribution in [1.82, 2.24) is 5.43 Å². The predicted molar refractivity (Wildman–Crippen MR) is 80.1 cm³/mol. The van der Waals surface area contributed by atoms with E-state index in [0.717, 1.165) is 28.8 Å². The zero-order valence-corrected chi connectivity index (χ0v) is 12.8. The molecule has 1 aromatic rings. The number of hydrogen-bond donors (Lipinski definition) is 2. The van der Waals surface area contributed by atoms with Gasteiger partial charge in [-0.15, -0.1) is 0 Å². The second kappa shape index (κ2) is 7.36. The van der Waals surface area contributed by atoms with Crippen LogP contribution in [0.25, 0.3) is 0 Å². The Bertz CT molecular complexity index is 405. The molecule has 1 aromatic carbocycles. The first-order chi connectivity index (χ1) is 9.19. The molecule has 0 aromatic heterocycles. The minimum atomic E-state index is -0.208. The first-order valence-electron chi connectivity index (χ1n) is 7.09. The molecule has 2 rings (SSSR count). The number of hydrazine groups is 1. The highest BCUT2D eigenvalue weighted by molar-refractivity contribution is 9.10. The molecule has 0 spiro atoms. The Morgan fingerprint density at radius 3 is 2.68 bits per heavy atom. The van der Waals surface area contributed by atoms with E-state index < -0.39 is 0 Å². The van der Waals surface area contributed by atoms with Crippen LogP contribution < -0.4 is 11.3 Å². The van der Waals surface area contributed by atoms with Gasteiger partial charge in [0.05, 0.1) is 0 Å². The molecule has 0 amide bonds. The molecule has 0 saturated heterocycles. The molecule has 19 heavy (non-hydrogen) atoms. The maximum absolute atomic E-state index is 13.1. The summed E-state index contributed by atoms with van der Waals surface area (Å²) in [7, 11) is 0. The third kappa shape index (κ3) is 4.55. The normalized spacial score (nSPS) is 18.5. The Labute approximate surface area is 123 Å². The van der Waals surface area contributed by atoms with Crippen molar-refractivity contribution in [3.8, 4) is 0 Å². The van der Waals surface area contributed by atoms with Crippen molar-refractivity contribution in [3.05, 3.63) is 34.1 Å². The van der Waals surface area contributed by atoms with Crippen molar-refractivity contribution in [2.75, 3.05) is 0 Å². The number of hydrogen-bond acceptors (Lipinski definition) is 2. The van der Waals surface area contributed by atoms with E-state index in [-0.39, 0.29) is 11.9 Å². The molecule has 1 unspecified atom stereocenters. The molecule has 1 aliphatic carbocycles. The zero-order valence-electron chi connectivity index (χ0n) is 11.2. The highest BCUT2D eigenvalue weighted by Gasteiger charge is 2.19. The van der Waals surface area contributed by atoms with Gasteiger partial charge in [-0.25, -0.2) is 4.39 Å². The maximum atomic E-state index is 13.1. The van der Waals surface area contributed by atoms with Gasteiger partial charge in [0.1, 0.15) is 5.82 Å². The molecule has 4 heteroatoms. The fraction of sp³-hybridized carbons (Fsp3) is 0.600. The van der Waals surface area contributed by atoms with Crippen molar-refractivity contribution >= 4 is 15.9 Å². The quantitative estimate of drug-likeness (QED) is 0.634. The van der Waals surface area contributed by atoms with Crippen molar-refractivity contribution in [3.63, 3.8) is 0 Å². The summed E-state index contributed by atoms with van der Waals surface area (Å²) in [6, 6.07) is 5.13. The predicted octanol–water partition coefficient (Wildman–Crippen LogP) is 3.93. The van der Waals surface area contributed by atoms with Gasteiger partial charge in [0, 0.05) is 10.5 Å². The molecule has 106 valence electrons. The molecular formula is C15H22BrFN2. The monoisotopic (exact) mass is 328 g/mol. The summed E-state index contributed by atoms with van der Waals surface area (Å²) in [5.41, 5.74) is 4.04. The fourth-order valence-corrected chi connectivity index (χ4v) is 3.50. The highest BCUT2D eigenvalue weighted by Crippen LogP contribution is 2.28.